The molecule has 0 bridgehead atoms. The van der Waals surface area contributed by atoms with Gasteiger partial charge in [-0.15, -0.1) is 12.8 Å². The molecule has 2 fully saturated rings. The van der Waals surface area contributed by atoms with Crippen molar-refractivity contribution >= 4 is 0 Å². The van der Waals surface area contributed by atoms with Crippen LogP contribution in [0.5, 0.6) is 0 Å². The summed E-state index contributed by atoms with van der Waals surface area (Å²) >= 11 is 0. The van der Waals surface area contributed by atoms with Crippen molar-refractivity contribution in [1.82, 2.24) is 20.7 Å². The van der Waals surface area contributed by atoms with Gasteiger partial charge >= 0.3 is 0 Å². The van der Waals surface area contributed by atoms with Gasteiger partial charge in [0.2, 0.25) is 0 Å². The maximum atomic E-state index is 4.00. The van der Waals surface area contributed by atoms with Crippen LogP contribution in [0.1, 0.15) is 77.3 Å². The van der Waals surface area contributed by atoms with Crippen LogP contribution in [-0.4, -0.2) is 42.9 Å². The van der Waals surface area contributed by atoms with Gasteiger partial charge in [0.05, 0.1) is 0 Å². The van der Waals surface area contributed by atoms with Crippen LogP contribution in [0.3, 0.4) is 0 Å². The number of likely N-dealkylation sites (tertiary alicyclic amines) is 1. The van der Waals surface area contributed by atoms with Gasteiger partial charge in [-0.1, -0.05) is 67.5 Å². The van der Waals surface area contributed by atoms with E-state index in [1.807, 2.05) is 20.9 Å². The van der Waals surface area contributed by atoms with Gasteiger partial charge in [-0.05, 0) is 89.7 Å². The number of hydrogen-bond acceptors (Lipinski definition) is 4. The molecule has 0 radical (unpaired) electrons. The second kappa shape index (κ2) is 16.5. The Morgan fingerprint density at radius 1 is 1.14 bits per heavy atom. The molecule has 194 valence electrons. The van der Waals surface area contributed by atoms with Crippen molar-refractivity contribution < 1.29 is 0 Å². The summed E-state index contributed by atoms with van der Waals surface area (Å²) in [6, 6.07) is 8.83. The molecule has 2 N–H and O–H groups in total. The predicted octanol–water partition coefficient (Wildman–Crippen LogP) is 6.57. The molecule has 4 rings (SSSR count). The molecular formula is C31H50N4. The highest BCUT2D eigenvalue weighted by Crippen LogP contribution is 2.33. The standard InChI is InChI=1S/C15H25N3.C12H17N.C2H6.C2H2/c1-5-13(11-15(16-3)17-18(15)4)14-10-8-6-7-9-12(14)2;1-11-5-4-6-12(9-11)10-13-7-2-3-8-13;2*1-2/h5,8,10,16-17H,6-7,9,11H2,1-4H3;4-6,9H,2-3,7-8,10H2,1H3;1-2H3;1-2H/b13-5-;;;. The lowest BCUT2D eigenvalue weighted by molar-refractivity contribution is 0.331. The Balaban J connectivity index is 0.000000318. The van der Waals surface area contributed by atoms with E-state index in [0.29, 0.717) is 0 Å². The molecule has 2 unspecified atom stereocenters. The molecule has 4 heteroatoms. The van der Waals surface area contributed by atoms with Crippen LogP contribution in [0.25, 0.3) is 0 Å². The highest BCUT2D eigenvalue weighted by atomic mass is 15.8. The van der Waals surface area contributed by atoms with Crippen LogP contribution in [0.4, 0.5) is 0 Å². The molecule has 3 aliphatic rings. The van der Waals surface area contributed by atoms with Gasteiger partial charge in [-0.3, -0.25) is 10.2 Å². The Kier molecular flexibility index (Phi) is 14.6. The second-order valence-electron chi connectivity index (χ2n) is 9.23. The molecule has 35 heavy (non-hydrogen) atoms. The van der Waals surface area contributed by atoms with Crippen molar-refractivity contribution in [2.24, 2.45) is 0 Å². The molecule has 2 heterocycles. The molecule has 1 aromatic rings. The first kappa shape index (κ1) is 30.9. The minimum Gasteiger partial charge on any atom is -0.299 e. The normalized spacial score (nSPS) is 23.7. The number of allylic oxidation sites excluding steroid dienone is 5. The SMILES string of the molecule is C#C.C/C=C(/CC1(NC)NN1C)C1=C(C)CCCC=C1.CC.Cc1cccc(CN2CCCC2)c1. The van der Waals surface area contributed by atoms with E-state index < -0.39 is 0 Å². The van der Waals surface area contributed by atoms with E-state index in [0.717, 1.165) is 13.0 Å². The summed E-state index contributed by atoms with van der Waals surface area (Å²) in [6.45, 7) is 14.3. The van der Waals surface area contributed by atoms with E-state index >= 15 is 0 Å². The Labute approximate surface area is 216 Å². The number of benzene rings is 1. The smallest absolute Gasteiger partial charge is 0.155 e. The summed E-state index contributed by atoms with van der Waals surface area (Å²) in [7, 11) is 4.09. The minimum absolute atomic E-state index is 0.0464. The Morgan fingerprint density at radius 3 is 2.34 bits per heavy atom. The van der Waals surface area contributed by atoms with Gasteiger partial charge < -0.3 is 0 Å². The summed E-state index contributed by atoms with van der Waals surface area (Å²) < 4.78 is 0. The Morgan fingerprint density at radius 2 is 1.80 bits per heavy atom. The first-order chi connectivity index (χ1) is 17.0. The third-order valence-corrected chi connectivity index (χ3v) is 6.78. The first-order valence-electron chi connectivity index (χ1n) is 13.3. The lowest BCUT2D eigenvalue weighted by Gasteiger charge is -2.17. The summed E-state index contributed by atoms with van der Waals surface area (Å²) in [5, 5.41) is 5.50. The summed E-state index contributed by atoms with van der Waals surface area (Å²) in [4.78, 5) is 2.54. The first-order valence-corrected chi connectivity index (χ1v) is 13.3. The maximum absolute atomic E-state index is 4.00. The number of hydrogen-bond donors (Lipinski definition) is 2. The molecule has 0 aromatic heterocycles. The van der Waals surface area contributed by atoms with Crippen molar-refractivity contribution in [2.75, 3.05) is 27.2 Å². The Bertz CT molecular complexity index is 854. The van der Waals surface area contributed by atoms with Gasteiger partial charge in [-0.25, -0.2) is 10.4 Å². The molecule has 0 saturated carbocycles. The topological polar surface area (TPSA) is 40.2 Å². The van der Waals surface area contributed by atoms with Crippen molar-refractivity contribution in [3.05, 3.63) is 70.3 Å². The third kappa shape index (κ3) is 9.78. The summed E-state index contributed by atoms with van der Waals surface area (Å²) in [5.41, 5.74) is 10.6. The van der Waals surface area contributed by atoms with Crippen LogP contribution in [0, 0.1) is 19.8 Å². The minimum atomic E-state index is -0.0464. The van der Waals surface area contributed by atoms with Gasteiger partial charge in [0.15, 0.2) is 5.79 Å². The van der Waals surface area contributed by atoms with E-state index in [-0.39, 0.29) is 5.79 Å². The van der Waals surface area contributed by atoms with Crippen LogP contribution >= 0.6 is 0 Å². The van der Waals surface area contributed by atoms with Crippen molar-refractivity contribution in [3.63, 3.8) is 0 Å². The number of hydrazine groups is 1. The quantitative estimate of drug-likeness (QED) is 0.358. The maximum Gasteiger partial charge on any atom is 0.155 e. The molecule has 2 aliphatic heterocycles. The van der Waals surface area contributed by atoms with Crippen molar-refractivity contribution in [2.45, 2.75) is 85.5 Å². The van der Waals surface area contributed by atoms with Crippen molar-refractivity contribution in [1.29, 1.82) is 0 Å². The number of rotatable bonds is 6. The number of terminal acetylenes is 1. The zero-order valence-corrected chi connectivity index (χ0v) is 23.5. The van der Waals surface area contributed by atoms with E-state index in [1.165, 1.54) is 73.0 Å². The molecule has 0 spiro atoms. The number of nitrogens with one attached hydrogen (secondary N) is 2. The molecular weight excluding hydrogens is 428 g/mol. The summed E-state index contributed by atoms with van der Waals surface area (Å²) in [6.07, 6.45) is 22.3. The highest BCUT2D eigenvalue weighted by Gasteiger charge is 2.48. The van der Waals surface area contributed by atoms with Gasteiger partial charge in [0, 0.05) is 20.0 Å². The largest absolute Gasteiger partial charge is 0.299 e. The zero-order valence-electron chi connectivity index (χ0n) is 23.5. The third-order valence-electron chi connectivity index (χ3n) is 6.78. The lowest BCUT2D eigenvalue weighted by atomic mass is 9.94. The van der Waals surface area contributed by atoms with E-state index in [1.54, 1.807) is 0 Å². The predicted molar refractivity (Wildman–Crippen MR) is 154 cm³/mol. The molecule has 1 aromatic carbocycles. The van der Waals surface area contributed by atoms with E-state index in [4.69, 9.17) is 0 Å². The molecule has 0 amide bonds. The number of aryl methyl sites for hydroxylation is 1. The van der Waals surface area contributed by atoms with Crippen LogP contribution in [0.2, 0.25) is 0 Å². The molecule has 2 atom stereocenters. The monoisotopic (exact) mass is 478 g/mol. The van der Waals surface area contributed by atoms with Gasteiger partial charge in [0.1, 0.15) is 0 Å². The van der Waals surface area contributed by atoms with E-state index in [2.05, 4.69) is 104 Å². The molecule has 2 saturated heterocycles. The van der Waals surface area contributed by atoms with Gasteiger partial charge in [0.25, 0.3) is 0 Å². The fourth-order valence-corrected chi connectivity index (χ4v) is 4.70. The molecule has 1 aliphatic carbocycles. The van der Waals surface area contributed by atoms with Crippen LogP contribution < -0.4 is 10.7 Å². The van der Waals surface area contributed by atoms with E-state index in [9.17, 15) is 0 Å². The van der Waals surface area contributed by atoms with Crippen molar-refractivity contribution in [3.8, 4) is 12.8 Å². The van der Waals surface area contributed by atoms with Crippen LogP contribution in [-0.2, 0) is 6.54 Å². The average Bonchev–Trinajstić information content (AvgIpc) is 3.33. The zero-order chi connectivity index (χ0) is 26.3. The number of nitrogens with zero attached hydrogens (tertiary/aromatic N) is 2. The average molecular weight is 479 g/mol. The fourth-order valence-electron chi connectivity index (χ4n) is 4.70. The highest BCUT2D eigenvalue weighted by molar-refractivity contribution is 5.44. The van der Waals surface area contributed by atoms with Gasteiger partial charge in [-0.2, -0.15) is 0 Å². The fraction of sp³-hybridized carbons (Fsp3) is 0.548. The van der Waals surface area contributed by atoms with Crippen LogP contribution in [0.15, 0.2) is 59.2 Å². The second-order valence-corrected chi connectivity index (χ2v) is 9.23. The lowest BCUT2D eigenvalue weighted by Crippen LogP contribution is -2.35. The summed E-state index contributed by atoms with van der Waals surface area (Å²) in [5.74, 6) is -0.0464. The molecule has 4 nitrogen and oxygen atoms in total. The Hall–Kier alpha value is -2.16.